The molecule has 5 rings (SSSR count). The summed E-state index contributed by atoms with van der Waals surface area (Å²) < 4.78 is 6.12. The summed E-state index contributed by atoms with van der Waals surface area (Å²) in [5, 5.41) is 6.04. The van der Waals surface area contributed by atoms with Crippen molar-refractivity contribution in [1.82, 2.24) is 19.3 Å². The summed E-state index contributed by atoms with van der Waals surface area (Å²) in [7, 11) is 0. The Hall–Kier alpha value is -2.35. The minimum absolute atomic E-state index is 0.415. The molecule has 0 spiro atoms. The molecule has 1 aliphatic rings. The smallest absolute Gasteiger partial charge is 0.207 e. The standard InChI is InChI=1S/C22H23N5S2/c1-15-8-3-5-10-18(15)27-16(2)24-26(22(27)28)14-25-13-7-11-19(25)21-23-17-9-4-6-12-20(17)29-21/h3-6,8-10,12,19H,7,11,13-14H2,1-2H3/p+1/t19-/m0/s1. The minimum atomic E-state index is 0.415. The molecule has 2 aromatic heterocycles. The molecule has 7 heteroatoms. The summed E-state index contributed by atoms with van der Waals surface area (Å²) in [6, 6.07) is 17.2. The summed E-state index contributed by atoms with van der Waals surface area (Å²) in [4.78, 5) is 6.42. The molecule has 1 N–H and O–H groups in total. The highest BCUT2D eigenvalue weighted by Gasteiger charge is 2.33. The maximum atomic E-state index is 5.83. The Balaban J connectivity index is 1.46. The molecular weight excluding hydrogens is 398 g/mol. The lowest BCUT2D eigenvalue weighted by molar-refractivity contribution is -0.941. The Bertz CT molecular complexity index is 1200. The van der Waals surface area contributed by atoms with Crippen LogP contribution < -0.4 is 4.90 Å². The summed E-state index contributed by atoms with van der Waals surface area (Å²) in [6.07, 6.45) is 2.38. The Labute approximate surface area is 179 Å². The maximum absolute atomic E-state index is 5.83. The Morgan fingerprint density at radius 1 is 1.14 bits per heavy atom. The average molecular weight is 423 g/mol. The van der Waals surface area contributed by atoms with Crippen LogP contribution >= 0.6 is 23.6 Å². The maximum Gasteiger partial charge on any atom is 0.207 e. The lowest BCUT2D eigenvalue weighted by Gasteiger charge is -2.19. The molecule has 1 saturated heterocycles. The zero-order valence-corrected chi connectivity index (χ0v) is 18.3. The van der Waals surface area contributed by atoms with Crippen LogP contribution in [0.25, 0.3) is 15.9 Å². The van der Waals surface area contributed by atoms with E-state index < -0.39 is 0 Å². The first-order chi connectivity index (χ1) is 14.1. The van der Waals surface area contributed by atoms with Crippen LogP contribution in [-0.2, 0) is 6.67 Å². The van der Waals surface area contributed by atoms with Gasteiger partial charge in [-0.1, -0.05) is 30.3 Å². The summed E-state index contributed by atoms with van der Waals surface area (Å²) >= 11 is 7.66. The molecule has 2 aromatic carbocycles. The number of quaternary nitrogens is 1. The van der Waals surface area contributed by atoms with Gasteiger partial charge in [0.2, 0.25) is 4.77 Å². The third-order valence-electron chi connectivity index (χ3n) is 5.80. The molecular formula is C22H24N5S2+. The van der Waals surface area contributed by atoms with E-state index in [2.05, 4.69) is 60.0 Å². The number of para-hydroxylation sites is 2. The number of aryl methyl sites for hydroxylation is 2. The molecule has 0 radical (unpaired) electrons. The second-order valence-electron chi connectivity index (χ2n) is 7.73. The van der Waals surface area contributed by atoms with Gasteiger partial charge in [0.25, 0.3) is 0 Å². The van der Waals surface area contributed by atoms with Crippen LogP contribution in [-0.4, -0.2) is 25.9 Å². The minimum Gasteiger partial charge on any atom is -0.308 e. The number of aromatic nitrogens is 4. The molecule has 2 atom stereocenters. The highest BCUT2D eigenvalue weighted by molar-refractivity contribution is 7.71. The monoisotopic (exact) mass is 422 g/mol. The highest BCUT2D eigenvalue weighted by Crippen LogP contribution is 2.28. The van der Waals surface area contributed by atoms with Gasteiger partial charge < -0.3 is 4.90 Å². The Kier molecular flexibility index (Phi) is 4.81. The lowest BCUT2D eigenvalue weighted by Crippen LogP contribution is -3.09. The van der Waals surface area contributed by atoms with Crippen LogP contribution in [0, 0.1) is 18.6 Å². The van der Waals surface area contributed by atoms with E-state index in [9.17, 15) is 0 Å². The molecule has 1 aliphatic heterocycles. The summed E-state index contributed by atoms with van der Waals surface area (Å²) in [5.74, 6) is 0.930. The molecule has 0 amide bonds. The number of nitrogens with one attached hydrogen (secondary N) is 1. The third kappa shape index (κ3) is 3.33. The van der Waals surface area contributed by atoms with E-state index >= 15 is 0 Å². The fraction of sp³-hybridized carbons (Fsp3) is 0.318. The fourth-order valence-electron chi connectivity index (χ4n) is 4.34. The molecule has 3 heterocycles. The topological polar surface area (TPSA) is 40.1 Å². The number of likely N-dealkylation sites (tertiary alicyclic amines) is 1. The average Bonchev–Trinajstić information content (AvgIpc) is 3.41. The fourth-order valence-corrected chi connectivity index (χ4v) is 5.84. The molecule has 148 valence electrons. The molecule has 29 heavy (non-hydrogen) atoms. The van der Waals surface area contributed by atoms with Crippen LogP contribution in [0.5, 0.6) is 0 Å². The predicted octanol–water partition coefficient (Wildman–Crippen LogP) is 4.01. The number of benzene rings is 2. The van der Waals surface area contributed by atoms with Crippen LogP contribution in [0.4, 0.5) is 0 Å². The van der Waals surface area contributed by atoms with Gasteiger partial charge >= 0.3 is 0 Å². The van der Waals surface area contributed by atoms with Crippen molar-refractivity contribution in [3.8, 4) is 5.69 Å². The number of fused-ring (bicyclic) bond motifs is 1. The summed E-state index contributed by atoms with van der Waals surface area (Å²) in [6.45, 7) is 6.05. The molecule has 4 aromatic rings. The Morgan fingerprint density at radius 3 is 2.76 bits per heavy atom. The molecule has 1 fully saturated rings. The number of nitrogens with zero attached hydrogens (tertiary/aromatic N) is 4. The van der Waals surface area contributed by atoms with Gasteiger partial charge in [-0.15, -0.1) is 11.3 Å². The first-order valence-electron chi connectivity index (χ1n) is 10.0. The molecule has 0 saturated carbocycles. The van der Waals surface area contributed by atoms with Crippen LogP contribution in [0.15, 0.2) is 48.5 Å². The van der Waals surface area contributed by atoms with Gasteiger partial charge in [-0.25, -0.2) is 4.98 Å². The zero-order valence-electron chi connectivity index (χ0n) is 16.6. The van der Waals surface area contributed by atoms with Crippen molar-refractivity contribution in [2.45, 2.75) is 39.4 Å². The van der Waals surface area contributed by atoms with Crippen molar-refractivity contribution >= 4 is 33.8 Å². The van der Waals surface area contributed by atoms with E-state index in [-0.39, 0.29) is 0 Å². The molecule has 0 bridgehead atoms. The van der Waals surface area contributed by atoms with Crippen molar-refractivity contribution in [2.75, 3.05) is 6.54 Å². The van der Waals surface area contributed by atoms with E-state index in [1.54, 1.807) is 0 Å². The van der Waals surface area contributed by atoms with Crippen molar-refractivity contribution in [2.24, 2.45) is 0 Å². The molecule has 1 unspecified atom stereocenters. The first kappa shape index (κ1) is 18.7. The van der Waals surface area contributed by atoms with Crippen LogP contribution in [0.3, 0.4) is 0 Å². The van der Waals surface area contributed by atoms with E-state index in [0.717, 1.165) is 35.0 Å². The first-order valence-corrected chi connectivity index (χ1v) is 11.3. The number of hydrogen-bond donors (Lipinski definition) is 1. The van der Waals surface area contributed by atoms with Gasteiger partial charge in [-0.3, -0.25) is 4.57 Å². The lowest BCUT2D eigenvalue weighted by atomic mass is 10.2. The largest absolute Gasteiger partial charge is 0.308 e. The van der Waals surface area contributed by atoms with Gasteiger partial charge in [-0.05, 0) is 49.8 Å². The normalized spacial score (nSPS) is 19.2. The molecule has 5 nitrogen and oxygen atoms in total. The van der Waals surface area contributed by atoms with Gasteiger partial charge in [-0.2, -0.15) is 9.78 Å². The van der Waals surface area contributed by atoms with Crippen LogP contribution in [0.2, 0.25) is 0 Å². The van der Waals surface area contributed by atoms with Crippen molar-refractivity contribution < 1.29 is 4.90 Å². The third-order valence-corrected chi connectivity index (χ3v) is 7.35. The Morgan fingerprint density at radius 2 is 1.93 bits per heavy atom. The number of rotatable bonds is 4. The van der Waals surface area contributed by atoms with E-state index in [4.69, 9.17) is 22.3 Å². The van der Waals surface area contributed by atoms with Crippen molar-refractivity contribution in [3.05, 3.63) is 69.7 Å². The van der Waals surface area contributed by atoms with E-state index in [1.165, 1.54) is 33.0 Å². The van der Waals surface area contributed by atoms with Gasteiger partial charge in [0.05, 0.1) is 22.4 Å². The van der Waals surface area contributed by atoms with Crippen molar-refractivity contribution in [1.29, 1.82) is 0 Å². The van der Waals surface area contributed by atoms with Gasteiger partial charge in [0.1, 0.15) is 11.9 Å². The van der Waals surface area contributed by atoms with Crippen LogP contribution in [0.1, 0.15) is 35.3 Å². The predicted molar refractivity (Wildman–Crippen MR) is 119 cm³/mol. The summed E-state index contributed by atoms with van der Waals surface area (Å²) in [5.41, 5.74) is 3.42. The van der Waals surface area contributed by atoms with Gasteiger partial charge in [0, 0.05) is 12.8 Å². The molecule has 0 aliphatic carbocycles. The quantitative estimate of drug-likeness (QED) is 0.505. The van der Waals surface area contributed by atoms with Crippen molar-refractivity contribution in [3.63, 3.8) is 0 Å². The second-order valence-corrected chi connectivity index (χ2v) is 9.16. The number of thiazole rings is 1. The van der Waals surface area contributed by atoms with Gasteiger partial charge in [0.15, 0.2) is 11.7 Å². The number of hydrogen-bond acceptors (Lipinski definition) is 4. The second kappa shape index (κ2) is 7.48. The SMILES string of the molecule is Cc1ccccc1-n1c(C)nn(C[NH+]2CCC[C@H]2c2nc3ccccc3s2)c1=S. The van der Waals surface area contributed by atoms with E-state index in [1.807, 2.05) is 22.9 Å². The zero-order chi connectivity index (χ0) is 20.0. The highest BCUT2D eigenvalue weighted by atomic mass is 32.1. The van der Waals surface area contributed by atoms with E-state index in [0.29, 0.717) is 6.04 Å².